The molecule has 0 aliphatic carbocycles. The van der Waals surface area contributed by atoms with E-state index in [1.807, 2.05) is 18.2 Å². The molecular formula is C15H16BrN5. The average molecular weight is 346 g/mol. The monoisotopic (exact) mass is 345 g/mol. The number of aryl methyl sites for hydroxylation is 1. The highest BCUT2D eigenvalue weighted by Crippen LogP contribution is 2.25. The largest absolute Gasteiger partial charge is 0.359 e. The van der Waals surface area contributed by atoms with Crippen LogP contribution in [0.2, 0.25) is 0 Å². The Hall–Kier alpha value is -1.95. The standard InChI is InChI=1S/C15H16BrN5/c1-3-21-13-7-5-4-6-12(13)20-15(21)10(2)19-14-11(16)8-17-9-18-14/h4-10H,3H2,1-2H3,(H,17,18,19). The second-order valence-corrected chi connectivity index (χ2v) is 5.64. The first-order valence-corrected chi connectivity index (χ1v) is 7.67. The van der Waals surface area contributed by atoms with Gasteiger partial charge in [0.05, 0.1) is 21.5 Å². The predicted octanol–water partition coefficient (Wildman–Crippen LogP) is 3.78. The number of para-hydroxylation sites is 2. The van der Waals surface area contributed by atoms with E-state index in [0.717, 1.165) is 33.7 Å². The van der Waals surface area contributed by atoms with Crippen LogP contribution in [0.5, 0.6) is 0 Å². The number of rotatable bonds is 4. The molecule has 0 fully saturated rings. The van der Waals surface area contributed by atoms with Crippen LogP contribution in [0.3, 0.4) is 0 Å². The van der Waals surface area contributed by atoms with Gasteiger partial charge in [0.25, 0.3) is 0 Å². The van der Waals surface area contributed by atoms with Gasteiger partial charge in [0.15, 0.2) is 0 Å². The van der Waals surface area contributed by atoms with Crippen molar-refractivity contribution >= 4 is 32.8 Å². The second kappa shape index (κ2) is 5.81. The van der Waals surface area contributed by atoms with Crippen molar-refractivity contribution in [1.29, 1.82) is 0 Å². The van der Waals surface area contributed by atoms with Crippen molar-refractivity contribution in [3.8, 4) is 0 Å². The number of imidazole rings is 1. The van der Waals surface area contributed by atoms with Crippen molar-refractivity contribution in [2.24, 2.45) is 0 Å². The molecule has 0 aliphatic rings. The summed E-state index contributed by atoms with van der Waals surface area (Å²) in [6, 6.07) is 8.24. The van der Waals surface area contributed by atoms with Gasteiger partial charge >= 0.3 is 0 Å². The maximum Gasteiger partial charge on any atom is 0.144 e. The minimum Gasteiger partial charge on any atom is -0.359 e. The molecule has 1 unspecified atom stereocenters. The minimum atomic E-state index is 0.0450. The Morgan fingerprint density at radius 3 is 2.90 bits per heavy atom. The maximum atomic E-state index is 4.75. The lowest BCUT2D eigenvalue weighted by atomic mass is 10.3. The molecule has 0 saturated heterocycles. The lowest BCUT2D eigenvalue weighted by Crippen LogP contribution is -2.14. The molecule has 0 amide bonds. The SMILES string of the molecule is CCn1c(C(C)Nc2ncncc2Br)nc2ccccc21. The van der Waals surface area contributed by atoms with Gasteiger partial charge < -0.3 is 9.88 Å². The second-order valence-electron chi connectivity index (χ2n) is 4.79. The van der Waals surface area contributed by atoms with Crippen LogP contribution in [0.25, 0.3) is 11.0 Å². The fourth-order valence-electron chi connectivity index (χ4n) is 2.45. The van der Waals surface area contributed by atoms with Crippen LogP contribution in [0.1, 0.15) is 25.7 Å². The van der Waals surface area contributed by atoms with Crippen molar-refractivity contribution < 1.29 is 0 Å². The van der Waals surface area contributed by atoms with E-state index in [4.69, 9.17) is 4.98 Å². The molecule has 0 radical (unpaired) electrons. The summed E-state index contributed by atoms with van der Waals surface area (Å²) in [5, 5.41) is 3.38. The van der Waals surface area contributed by atoms with Gasteiger partial charge in [-0.25, -0.2) is 15.0 Å². The molecule has 5 nitrogen and oxygen atoms in total. The maximum absolute atomic E-state index is 4.75. The van der Waals surface area contributed by atoms with Gasteiger partial charge in [0.2, 0.25) is 0 Å². The molecular weight excluding hydrogens is 330 g/mol. The number of nitrogens with one attached hydrogen (secondary N) is 1. The third kappa shape index (κ3) is 2.63. The Kier molecular flexibility index (Phi) is 3.88. The zero-order chi connectivity index (χ0) is 14.8. The summed E-state index contributed by atoms with van der Waals surface area (Å²) in [6.45, 7) is 5.10. The Morgan fingerprint density at radius 2 is 2.14 bits per heavy atom. The first-order valence-electron chi connectivity index (χ1n) is 6.88. The molecule has 0 bridgehead atoms. The van der Waals surface area contributed by atoms with Crippen LogP contribution in [0.15, 0.2) is 41.3 Å². The highest BCUT2D eigenvalue weighted by molar-refractivity contribution is 9.10. The molecule has 2 aromatic heterocycles. The van der Waals surface area contributed by atoms with Crippen molar-refractivity contribution in [3.63, 3.8) is 0 Å². The molecule has 3 aromatic rings. The van der Waals surface area contributed by atoms with Gasteiger partial charge in [-0.05, 0) is 41.9 Å². The first kappa shape index (κ1) is 14.0. The Labute approximate surface area is 131 Å². The van der Waals surface area contributed by atoms with Crippen LogP contribution < -0.4 is 5.32 Å². The summed E-state index contributed by atoms with van der Waals surface area (Å²) in [7, 11) is 0. The topological polar surface area (TPSA) is 55.6 Å². The molecule has 1 N–H and O–H groups in total. The Balaban J connectivity index is 1.98. The van der Waals surface area contributed by atoms with Crippen LogP contribution >= 0.6 is 15.9 Å². The summed E-state index contributed by atoms with van der Waals surface area (Å²) >= 11 is 3.45. The van der Waals surface area contributed by atoms with Crippen LogP contribution in [-0.4, -0.2) is 19.5 Å². The molecule has 0 aliphatic heterocycles. The number of benzene rings is 1. The van der Waals surface area contributed by atoms with Crippen LogP contribution in [-0.2, 0) is 6.54 Å². The van der Waals surface area contributed by atoms with Gasteiger partial charge in [-0.2, -0.15) is 0 Å². The Bertz CT molecular complexity index is 768. The molecule has 0 spiro atoms. The van der Waals surface area contributed by atoms with E-state index in [2.05, 4.69) is 55.7 Å². The summed E-state index contributed by atoms with van der Waals surface area (Å²) in [4.78, 5) is 13.0. The molecule has 2 heterocycles. The number of aromatic nitrogens is 4. The molecule has 0 saturated carbocycles. The van der Waals surface area contributed by atoms with Gasteiger partial charge in [-0.1, -0.05) is 12.1 Å². The lowest BCUT2D eigenvalue weighted by molar-refractivity contribution is 0.672. The number of hydrogen-bond donors (Lipinski definition) is 1. The van der Waals surface area contributed by atoms with E-state index in [1.54, 1.807) is 6.20 Å². The summed E-state index contributed by atoms with van der Waals surface area (Å²) < 4.78 is 3.07. The first-order chi connectivity index (χ1) is 10.2. The molecule has 1 atom stereocenters. The van der Waals surface area contributed by atoms with Gasteiger partial charge in [-0.3, -0.25) is 0 Å². The van der Waals surface area contributed by atoms with Crippen LogP contribution in [0.4, 0.5) is 5.82 Å². The number of fused-ring (bicyclic) bond motifs is 1. The number of nitrogens with zero attached hydrogens (tertiary/aromatic N) is 4. The van der Waals surface area contributed by atoms with Crippen LogP contribution in [0, 0.1) is 0 Å². The summed E-state index contributed by atoms with van der Waals surface area (Å²) in [6.07, 6.45) is 3.26. The fourth-order valence-corrected chi connectivity index (χ4v) is 2.78. The fraction of sp³-hybridized carbons (Fsp3) is 0.267. The lowest BCUT2D eigenvalue weighted by Gasteiger charge is -2.16. The summed E-state index contributed by atoms with van der Waals surface area (Å²) in [5.41, 5.74) is 2.18. The van der Waals surface area contributed by atoms with E-state index in [0.29, 0.717) is 0 Å². The third-order valence-corrected chi connectivity index (χ3v) is 3.99. The van der Waals surface area contributed by atoms with E-state index in [9.17, 15) is 0 Å². The third-order valence-electron chi connectivity index (χ3n) is 3.41. The Morgan fingerprint density at radius 1 is 1.33 bits per heavy atom. The van der Waals surface area contributed by atoms with E-state index < -0.39 is 0 Å². The van der Waals surface area contributed by atoms with Crippen molar-refractivity contribution in [1.82, 2.24) is 19.5 Å². The zero-order valence-corrected chi connectivity index (χ0v) is 13.5. The number of anilines is 1. The van der Waals surface area contributed by atoms with Gasteiger partial charge in [-0.15, -0.1) is 0 Å². The molecule has 6 heteroatoms. The van der Waals surface area contributed by atoms with E-state index in [1.165, 1.54) is 6.33 Å². The highest BCUT2D eigenvalue weighted by Gasteiger charge is 2.16. The van der Waals surface area contributed by atoms with Gasteiger partial charge in [0, 0.05) is 12.7 Å². The average Bonchev–Trinajstić information content (AvgIpc) is 2.88. The van der Waals surface area contributed by atoms with E-state index in [-0.39, 0.29) is 6.04 Å². The molecule has 108 valence electrons. The minimum absolute atomic E-state index is 0.0450. The highest BCUT2D eigenvalue weighted by atomic mass is 79.9. The smallest absolute Gasteiger partial charge is 0.144 e. The van der Waals surface area contributed by atoms with Crippen molar-refractivity contribution in [2.45, 2.75) is 26.4 Å². The van der Waals surface area contributed by atoms with Crippen molar-refractivity contribution in [3.05, 3.63) is 47.1 Å². The molecule has 3 rings (SSSR count). The van der Waals surface area contributed by atoms with E-state index >= 15 is 0 Å². The van der Waals surface area contributed by atoms with Gasteiger partial charge in [0.1, 0.15) is 18.0 Å². The summed E-state index contributed by atoms with van der Waals surface area (Å²) in [5.74, 6) is 1.77. The normalized spacial score (nSPS) is 12.5. The number of halogens is 1. The predicted molar refractivity (Wildman–Crippen MR) is 87.2 cm³/mol. The number of hydrogen-bond acceptors (Lipinski definition) is 4. The molecule has 1 aromatic carbocycles. The quantitative estimate of drug-likeness (QED) is 0.781. The zero-order valence-electron chi connectivity index (χ0n) is 11.9. The molecule has 21 heavy (non-hydrogen) atoms. The van der Waals surface area contributed by atoms with Crippen molar-refractivity contribution in [2.75, 3.05) is 5.32 Å².